The van der Waals surface area contributed by atoms with Crippen LogP contribution in [0.5, 0.6) is 0 Å². The van der Waals surface area contributed by atoms with Crippen LogP contribution in [0.1, 0.15) is 24.1 Å². The number of urea groups is 1. The number of amides is 2. The van der Waals surface area contributed by atoms with Crippen molar-refractivity contribution in [2.45, 2.75) is 31.4 Å². The standard InChI is InChI=1S/C19H17ClF3N5OS/c1-11-2-3-12-13(10-11)30-16(26-12)27-17(29)28-8-4-18(5-9-28,19(21,22)23)14-15(20)25-7-6-24-14/h2-3,6-7,10H,4-5,8-9H2,1H3,(H,26,27,29). The molecule has 3 aromatic rings. The van der Waals surface area contributed by atoms with Crippen LogP contribution in [-0.2, 0) is 5.41 Å². The number of carbonyl (C=O) groups excluding carboxylic acids is 1. The number of thiazole rings is 1. The van der Waals surface area contributed by atoms with Crippen LogP contribution in [0.2, 0.25) is 5.15 Å². The van der Waals surface area contributed by atoms with Crippen LogP contribution in [0, 0.1) is 6.92 Å². The molecule has 0 spiro atoms. The molecule has 6 nitrogen and oxygen atoms in total. The minimum absolute atomic E-state index is 0.0950. The van der Waals surface area contributed by atoms with Crippen LogP contribution in [0.25, 0.3) is 10.2 Å². The summed E-state index contributed by atoms with van der Waals surface area (Å²) in [7, 11) is 0. The first-order chi connectivity index (χ1) is 14.2. The van der Waals surface area contributed by atoms with Gasteiger partial charge in [0.1, 0.15) is 5.41 Å². The number of alkyl halides is 3. The van der Waals surface area contributed by atoms with Crippen molar-refractivity contribution in [3.63, 3.8) is 0 Å². The summed E-state index contributed by atoms with van der Waals surface area (Å²) in [6.07, 6.45) is -2.82. The number of halogens is 4. The molecule has 2 aromatic heterocycles. The number of aromatic nitrogens is 3. The molecular formula is C19H17ClF3N5OS. The number of carbonyl (C=O) groups is 1. The summed E-state index contributed by atoms with van der Waals surface area (Å²) >= 11 is 7.26. The molecule has 0 unspecified atom stereocenters. The summed E-state index contributed by atoms with van der Waals surface area (Å²) in [5.41, 5.74) is -0.692. The first-order valence-corrected chi connectivity index (χ1v) is 10.4. The average Bonchev–Trinajstić information content (AvgIpc) is 3.08. The third-order valence-corrected chi connectivity index (χ3v) is 6.52. The fourth-order valence-corrected chi connectivity index (χ4v) is 4.88. The van der Waals surface area contributed by atoms with Gasteiger partial charge >= 0.3 is 12.2 Å². The highest BCUT2D eigenvalue weighted by Gasteiger charge is 2.59. The zero-order valence-electron chi connectivity index (χ0n) is 15.8. The fourth-order valence-electron chi connectivity index (χ4n) is 3.64. The molecule has 0 atom stereocenters. The van der Waals surface area contributed by atoms with Gasteiger partial charge in [0, 0.05) is 25.5 Å². The molecular weight excluding hydrogens is 439 g/mol. The van der Waals surface area contributed by atoms with E-state index in [0.717, 1.165) is 15.8 Å². The lowest BCUT2D eigenvalue weighted by Gasteiger charge is -2.42. The molecule has 0 bridgehead atoms. The zero-order chi connectivity index (χ0) is 21.5. The monoisotopic (exact) mass is 455 g/mol. The molecule has 1 saturated heterocycles. The maximum atomic E-state index is 14.0. The van der Waals surface area contributed by atoms with Gasteiger partial charge < -0.3 is 4.90 Å². The van der Waals surface area contributed by atoms with Gasteiger partial charge in [-0.3, -0.25) is 10.3 Å². The lowest BCUT2D eigenvalue weighted by molar-refractivity contribution is -0.202. The lowest BCUT2D eigenvalue weighted by Crippen LogP contribution is -2.53. The number of fused-ring (bicyclic) bond motifs is 1. The van der Waals surface area contributed by atoms with Crippen molar-refractivity contribution in [2.75, 3.05) is 18.4 Å². The van der Waals surface area contributed by atoms with E-state index in [1.54, 1.807) is 0 Å². The Kier molecular flexibility index (Phi) is 5.31. The quantitative estimate of drug-likeness (QED) is 0.578. The fraction of sp³-hybridized carbons (Fsp3) is 0.368. The molecule has 1 aliphatic rings. The highest BCUT2D eigenvalue weighted by molar-refractivity contribution is 7.22. The van der Waals surface area contributed by atoms with E-state index < -0.39 is 17.6 Å². The van der Waals surface area contributed by atoms with E-state index in [2.05, 4.69) is 20.3 Å². The Morgan fingerprint density at radius 1 is 1.23 bits per heavy atom. The number of hydrogen-bond acceptors (Lipinski definition) is 5. The molecule has 1 fully saturated rings. The number of hydrogen-bond donors (Lipinski definition) is 1. The Labute approximate surface area is 179 Å². The summed E-state index contributed by atoms with van der Waals surface area (Å²) in [6.45, 7) is 1.77. The Hall–Kier alpha value is -2.46. The van der Waals surface area contributed by atoms with Crippen molar-refractivity contribution in [1.29, 1.82) is 0 Å². The molecule has 158 valence electrons. The first kappa shape index (κ1) is 20.8. The molecule has 30 heavy (non-hydrogen) atoms. The second-order valence-corrected chi connectivity index (χ2v) is 8.57. The highest BCUT2D eigenvalue weighted by atomic mass is 35.5. The van der Waals surface area contributed by atoms with Gasteiger partial charge in [-0.05, 0) is 37.5 Å². The third-order valence-electron chi connectivity index (χ3n) is 5.31. The van der Waals surface area contributed by atoms with Crippen molar-refractivity contribution >= 4 is 44.3 Å². The predicted octanol–water partition coefficient (Wildman–Crippen LogP) is 5.18. The predicted molar refractivity (Wildman–Crippen MR) is 109 cm³/mol. The molecule has 0 saturated carbocycles. The molecule has 1 aliphatic heterocycles. The van der Waals surface area contributed by atoms with E-state index in [1.165, 1.54) is 28.6 Å². The number of anilines is 1. The molecule has 1 N–H and O–H groups in total. The first-order valence-electron chi connectivity index (χ1n) is 9.16. The van der Waals surface area contributed by atoms with Crippen LogP contribution in [-0.4, -0.2) is 45.1 Å². The van der Waals surface area contributed by atoms with Gasteiger partial charge in [0.05, 0.1) is 15.9 Å². The summed E-state index contributed by atoms with van der Waals surface area (Å²) < 4.78 is 43.0. The van der Waals surface area contributed by atoms with Gasteiger partial charge in [-0.25, -0.2) is 14.8 Å². The molecule has 4 rings (SSSR count). The van der Waals surface area contributed by atoms with Gasteiger partial charge in [-0.15, -0.1) is 0 Å². The van der Waals surface area contributed by atoms with Crippen molar-refractivity contribution < 1.29 is 18.0 Å². The zero-order valence-corrected chi connectivity index (χ0v) is 17.4. The summed E-state index contributed by atoms with van der Waals surface area (Å²) in [4.78, 5) is 26.0. The number of aryl methyl sites for hydroxylation is 1. The Bertz CT molecular complexity index is 1100. The lowest BCUT2D eigenvalue weighted by atomic mass is 9.75. The van der Waals surface area contributed by atoms with Crippen molar-refractivity contribution in [2.24, 2.45) is 0 Å². The minimum atomic E-state index is -4.57. The molecule has 0 radical (unpaired) electrons. The number of likely N-dealkylation sites (tertiary alicyclic amines) is 1. The van der Waals surface area contributed by atoms with E-state index >= 15 is 0 Å². The number of nitrogens with one attached hydrogen (secondary N) is 1. The van der Waals surface area contributed by atoms with Crippen molar-refractivity contribution in [1.82, 2.24) is 19.9 Å². The second-order valence-electron chi connectivity index (χ2n) is 7.18. The molecule has 2 amide bonds. The Morgan fingerprint density at radius 2 is 1.93 bits per heavy atom. The van der Waals surface area contributed by atoms with Crippen LogP contribution in [0.4, 0.5) is 23.1 Å². The number of rotatable bonds is 2. The Balaban J connectivity index is 1.50. The van der Waals surface area contributed by atoms with E-state index in [-0.39, 0.29) is 36.8 Å². The summed E-state index contributed by atoms with van der Waals surface area (Å²) in [5, 5.41) is 2.84. The summed E-state index contributed by atoms with van der Waals surface area (Å²) in [5.74, 6) is 0. The van der Waals surface area contributed by atoms with Crippen molar-refractivity contribution in [3.05, 3.63) is 47.0 Å². The maximum Gasteiger partial charge on any atom is 0.400 e. The molecule has 1 aromatic carbocycles. The van der Waals surface area contributed by atoms with Gasteiger partial charge in [0.25, 0.3) is 0 Å². The van der Waals surface area contributed by atoms with E-state index in [4.69, 9.17) is 11.6 Å². The van der Waals surface area contributed by atoms with Gasteiger partial charge in [-0.2, -0.15) is 13.2 Å². The summed E-state index contributed by atoms with van der Waals surface area (Å²) in [6, 6.07) is 5.27. The number of benzene rings is 1. The van der Waals surface area contributed by atoms with Crippen LogP contribution in [0.3, 0.4) is 0 Å². The normalized spacial score (nSPS) is 16.6. The number of piperidine rings is 1. The van der Waals surface area contributed by atoms with Gasteiger partial charge in [0.2, 0.25) is 0 Å². The van der Waals surface area contributed by atoms with E-state index in [1.807, 2.05) is 25.1 Å². The average molecular weight is 456 g/mol. The molecule has 0 aliphatic carbocycles. The Morgan fingerprint density at radius 3 is 2.60 bits per heavy atom. The largest absolute Gasteiger partial charge is 0.400 e. The van der Waals surface area contributed by atoms with Crippen LogP contribution < -0.4 is 5.32 Å². The van der Waals surface area contributed by atoms with Crippen molar-refractivity contribution in [3.8, 4) is 0 Å². The SMILES string of the molecule is Cc1ccc2nc(NC(=O)N3CCC(c4nccnc4Cl)(C(F)(F)F)CC3)sc2c1. The van der Waals surface area contributed by atoms with Gasteiger partial charge in [-0.1, -0.05) is 29.0 Å². The highest BCUT2D eigenvalue weighted by Crippen LogP contribution is 2.49. The molecule has 11 heteroatoms. The topological polar surface area (TPSA) is 71.0 Å². The second kappa shape index (κ2) is 7.66. The van der Waals surface area contributed by atoms with Crippen LogP contribution >= 0.6 is 22.9 Å². The van der Waals surface area contributed by atoms with E-state index in [9.17, 15) is 18.0 Å². The minimum Gasteiger partial charge on any atom is -0.324 e. The smallest absolute Gasteiger partial charge is 0.324 e. The number of nitrogens with zero attached hydrogens (tertiary/aromatic N) is 4. The molecule has 3 heterocycles. The van der Waals surface area contributed by atoms with Gasteiger partial charge in [0.15, 0.2) is 10.3 Å². The maximum absolute atomic E-state index is 14.0. The third kappa shape index (κ3) is 3.69. The van der Waals surface area contributed by atoms with E-state index in [0.29, 0.717) is 5.13 Å². The van der Waals surface area contributed by atoms with Crippen LogP contribution in [0.15, 0.2) is 30.6 Å².